The minimum Gasteiger partial charge on any atom is -0.507 e. The lowest BCUT2D eigenvalue weighted by Gasteiger charge is -2.23. The van der Waals surface area contributed by atoms with Crippen molar-refractivity contribution in [3.05, 3.63) is 88.6 Å². The summed E-state index contributed by atoms with van der Waals surface area (Å²) in [6.45, 7) is 3.93. The van der Waals surface area contributed by atoms with Crippen molar-refractivity contribution in [2.75, 3.05) is 0 Å². The summed E-state index contributed by atoms with van der Waals surface area (Å²) in [5, 5.41) is 11.2. The molecule has 1 amide bonds. The number of Topliss-reactive ketones (excluding diaryl/α,β-unsaturated/α-hetero) is 1. The second-order valence-electron chi connectivity index (χ2n) is 8.19. The Morgan fingerprint density at radius 1 is 1.22 bits per heavy atom. The molecule has 1 aromatic carbocycles. The third-order valence-corrected chi connectivity index (χ3v) is 5.82. The van der Waals surface area contributed by atoms with Crippen molar-refractivity contribution in [1.82, 2.24) is 9.88 Å². The van der Waals surface area contributed by atoms with E-state index >= 15 is 0 Å². The van der Waals surface area contributed by atoms with Gasteiger partial charge in [-0.25, -0.2) is 0 Å². The second kappa shape index (κ2) is 7.67. The van der Waals surface area contributed by atoms with E-state index in [9.17, 15) is 14.7 Å². The van der Waals surface area contributed by atoms with Crippen LogP contribution in [0.3, 0.4) is 0 Å². The number of aliphatic hydroxyl groups excluding tert-OH is 1. The van der Waals surface area contributed by atoms with E-state index in [0.717, 1.165) is 16.9 Å². The van der Waals surface area contributed by atoms with E-state index in [0.29, 0.717) is 23.5 Å². The Morgan fingerprint density at radius 2 is 2.06 bits per heavy atom. The van der Waals surface area contributed by atoms with E-state index < -0.39 is 17.7 Å². The Labute approximate surface area is 184 Å². The van der Waals surface area contributed by atoms with Gasteiger partial charge < -0.3 is 19.2 Å². The zero-order valence-electron chi connectivity index (χ0n) is 17.7. The summed E-state index contributed by atoms with van der Waals surface area (Å²) in [6.07, 6.45) is 4.06. The Bertz CT molecular complexity index is 1240. The molecule has 5 rings (SSSR count). The number of hydrogen-bond acceptors (Lipinski definition) is 6. The van der Waals surface area contributed by atoms with Gasteiger partial charge in [-0.05, 0) is 61.4 Å². The quantitative estimate of drug-likeness (QED) is 0.383. The van der Waals surface area contributed by atoms with Crippen LogP contribution in [-0.4, -0.2) is 32.8 Å². The number of nitrogens with zero attached hydrogens (tertiary/aromatic N) is 2. The van der Waals surface area contributed by atoms with Crippen molar-refractivity contribution in [2.45, 2.75) is 39.0 Å². The van der Waals surface area contributed by atoms with E-state index in [1.807, 2.05) is 19.1 Å². The molecule has 4 heterocycles. The number of furan rings is 1. The van der Waals surface area contributed by atoms with Crippen LogP contribution in [0.2, 0.25) is 0 Å². The first-order valence-corrected chi connectivity index (χ1v) is 10.5. The number of amides is 1. The molecule has 1 saturated heterocycles. The Hall–Kier alpha value is -3.87. The minimum atomic E-state index is -0.840. The van der Waals surface area contributed by atoms with Crippen molar-refractivity contribution in [3.8, 4) is 5.75 Å². The van der Waals surface area contributed by atoms with Crippen LogP contribution in [0.15, 0.2) is 64.8 Å². The zero-order valence-corrected chi connectivity index (χ0v) is 17.7. The fourth-order valence-electron chi connectivity index (χ4n) is 4.35. The summed E-state index contributed by atoms with van der Waals surface area (Å²) < 4.78 is 11.5. The number of carbonyl (C=O) groups is 2. The predicted molar refractivity (Wildman–Crippen MR) is 116 cm³/mol. The third-order valence-electron chi connectivity index (χ3n) is 5.82. The molecule has 0 radical (unpaired) electrons. The van der Waals surface area contributed by atoms with Gasteiger partial charge in [-0.2, -0.15) is 0 Å². The first-order chi connectivity index (χ1) is 15.4. The maximum atomic E-state index is 13.1. The van der Waals surface area contributed by atoms with E-state index in [-0.39, 0.29) is 24.0 Å². The van der Waals surface area contributed by atoms with Gasteiger partial charge in [-0.1, -0.05) is 6.07 Å². The number of carbonyl (C=O) groups excluding carboxylic acids is 2. The first kappa shape index (κ1) is 20.1. The van der Waals surface area contributed by atoms with Gasteiger partial charge in [-0.3, -0.25) is 14.6 Å². The summed E-state index contributed by atoms with van der Waals surface area (Å²) in [5.41, 5.74) is 2.21. The molecule has 2 aliphatic heterocycles. The lowest BCUT2D eigenvalue weighted by molar-refractivity contribution is -0.140. The molecule has 7 nitrogen and oxygen atoms in total. The maximum Gasteiger partial charge on any atom is 0.296 e. The fourth-order valence-corrected chi connectivity index (χ4v) is 4.35. The maximum absolute atomic E-state index is 13.1. The van der Waals surface area contributed by atoms with Gasteiger partial charge >= 0.3 is 0 Å². The number of likely N-dealkylation sites (tertiary alicyclic amines) is 1. The summed E-state index contributed by atoms with van der Waals surface area (Å²) in [7, 11) is 0. The van der Waals surface area contributed by atoms with Crippen molar-refractivity contribution in [3.63, 3.8) is 0 Å². The van der Waals surface area contributed by atoms with Crippen molar-refractivity contribution in [2.24, 2.45) is 0 Å². The number of rotatable bonds is 4. The molecule has 2 atom stereocenters. The van der Waals surface area contributed by atoms with Crippen LogP contribution in [-0.2, 0) is 22.6 Å². The SMILES string of the molecule is Cc1ccc(C2/C(=C(\O)c3ccc4c(c3)CC(C)O4)C(=O)C(=O)N2Cc2cccnc2)o1. The number of pyridine rings is 1. The average Bonchev–Trinajstić information content (AvgIpc) is 3.44. The standard InChI is InChI=1S/C25H22N2O5/c1-14-5-7-20(31-14)22-21(23(28)17-6-8-19-18(11-17)10-15(2)32-19)24(29)25(30)27(22)13-16-4-3-9-26-12-16/h3-9,11-12,15,22,28H,10,13H2,1-2H3/b23-21+. The number of aromatic nitrogens is 1. The summed E-state index contributed by atoms with van der Waals surface area (Å²) in [5.74, 6) is 0.187. The molecule has 2 aliphatic rings. The van der Waals surface area contributed by atoms with E-state index in [1.54, 1.807) is 49.6 Å². The van der Waals surface area contributed by atoms with E-state index in [2.05, 4.69) is 4.98 Å². The van der Waals surface area contributed by atoms with Crippen LogP contribution in [0, 0.1) is 6.92 Å². The number of ketones is 1. The summed E-state index contributed by atoms with van der Waals surface area (Å²) in [4.78, 5) is 31.6. The molecule has 0 aliphatic carbocycles. The number of aryl methyl sites for hydroxylation is 1. The highest BCUT2D eigenvalue weighted by atomic mass is 16.5. The van der Waals surface area contributed by atoms with Gasteiger partial charge in [0.1, 0.15) is 35.2 Å². The topological polar surface area (TPSA) is 92.9 Å². The average molecular weight is 430 g/mol. The summed E-state index contributed by atoms with van der Waals surface area (Å²) >= 11 is 0. The minimum absolute atomic E-state index is 0.0140. The molecule has 2 unspecified atom stereocenters. The molecule has 7 heteroatoms. The second-order valence-corrected chi connectivity index (χ2v) is 8.19. The number of aliphatic hydroxyl groups is 1. The zero-order chi connectivity index (χ0) is 22.4. The Morgan fingerprint density at radius 3 is 2.78 bits per heavy atom. The molecule has 3 aromatic rings. The highest BCUT2D eigenvalue weighted by molar-refractivity contribution is 6.46. The molecule has 1 fully saturated rings. The van der Waals surface area contributed by atoms with Crippen LogP contribution >= 0.6 is 0 Å². The van der Waals surface area contributed by atoms with Gasteiger partial charge in [0.15, 0.2) is 0 Å². The number of ether oxygens (including phenoxy) is 1. The van der Waals surface area contributed by atoms with Gasteiger partial charge in [0.05, 0.1) is 5.57 Å². The van der Waals surface area contributed by atoms with Gasteiger partial charge in [0.2, 0.25) is 0 Å². The molecule has 0 spiro atoms. The molecule has 0 bridgehead atoms. The van der Waals surface area contributed by atoms with Crippen molar-refractivity contribution in [1.29, 1.82) is 0 Å². The van der Waals surface area contributed by atoms with Crippen LogP contribution < -0.4 is 4.74 Å². The van der Waals surface area contributed by atoms with Crippen molar-refractivity contribution >= 4 is 17.4 Å². The number of benzene rings is 1. The predicted octanol–water partition coefficient (Wildman–Crippen LogP) is 3.93. The fraction of sp³-hybridized carbons (Fsp3) is 0.240. The van der Waals surface area contributed by atoms with E-state index in [4.69, 9.17) is 9.15 Å². The number of hydrogen-bond donors (Lipinski definition) is 1. The largest absolute Gasteiger partial charge is 0.507 e. The molecule has 162 valence electrons. The lowest BCUT2D eigenvalue weighted by Crippen LogP contribution is -2.29. The van der Waals surface area contributed by atoms with Crippen LogP contribution in [0.25, 0.3) is 5.76 Å². The van der Waals surface area contributed by atoms with Gasteiger partial charge in [0.25, 0.3) is 11.7 Å². The Kier molecular flexibility index (Phi) is 4.81. The van der Waals surface area contributed by atoms with Gasteiger partial charge in [-0.15, -0.1) is 0 Å². The highest BCUT2D eigenvalue weighted by Crippen LogP contribution is 2.41. The molecule has 32 heavy (non-hydrogen) atoms. The smallest absolute Gasteiger partial charge is 0.296 e. The lowest BCUT2D eigenvalue weighted by atomic mass is 9.97. The Balaban J connectivity index is 1.62. The highest BCUT2D eigenvalue weighted by Gasteiger charge is 2.47. The summed E-state index contributed by atoms with van der Waals surface area (Å²) in [6, 6.07) is 11.6. The first-order valence-electron chi connectivity index (χ1n) is 10.5. The van der Waals surface area contributed by atoms with Gasteiger partial charge in [0, 0.05) is 30.9 Å². The monoisotopic (exact) mass is 430 g/mol. The van der Waals surface area contributed by atoms with Crippen molar-refractivity contribution < 1.29 is 23.8 Å². The molecule has 1 N–H and O–H groups in total. The van der Waals surface area contributed by atoms with Crippen LogP contribution in [0.1, 0.15) is 41.2 Å². The normalized spacial score (nSPS) is 21.6. The third kappa shape index (κ3) is 3.36. The van der Waals surface area contributed by atoms with E-state index in [1.165, 1.54) is 4.90 Å². The molecular formula is C25H22N2O5. The number of fused-ring (bicyclic) bond motifs is 1. The molecule has 2 aromatic heterocycles. The van der Waals surface area contributed by atoms with Crippen LogP contribution in [0.4, 0.5) is 0 Å². The molecular weight excluding hydrogens is 408 g/mol. The van der Waals surface area contributed by atoms with Crippen LogP contribution in [0.5, 0.6) is 5.75 Å². The molecule has 0 saturated carbocycles.